The number of hydrogen-bond donors (Lipinski definition) is 0. The van der Waals surface area contributed by atoms with Crippen LogP contribution in [0.1, 0.15) is 19.4 Å². The predicted octanol–water partition coefficient (Wildman–Crippen LogP) is 2.73. The van der Waals surface area contributed by atoms with Crippen molar-refractivity contribution in [2.45, 2.75) is 20.3 Å². The molecule has 74 valence electrons. The van der Waals surface area contributed by atoms with Gasteiger partial charge in [0.15, 0.2) is 0 Å². The topological polar surface area (TPSA) is 26.3 Å². The number of ether oxygens (including phenoxy) is 1. The second kappa shape index (κ2) is 4.61. The molecule has 1 rings (SSSR count). The molecule has 14 heavy (non-hydrogen) atoms. The molecule has 0 aliphatic heterocycles. The van der Waals surface area contributed by atoms with Gasteiger partial charge in [0.2, 0.25) is 0 Å². The fraction of sp³-hybridized carbons (Fsp3) is 0.250. The zero-order chi connectivity index (χ0) is 10.6. The minimum Gasteiger partial charge on any atom is -0.426 e. The summed E-state index contributed by atoms with van der Waals surface area (Å²) in [5.41, 5.74) is 2.04. The summed E-state index contributed by atoms with van der Waals surface area (Å²) in [5.74, 6) is 0.335. The van der Waals surface area contributed by atoms with Crippen LogP contribution in [0, 0.1) is 0 Å². The Morgan fingerprint density at radius 2 is 2.00 bits per heavy atom. The number of allylic oxidation sites excluding steroid dienone is 1. The lowest BCUT2D eigenvalue weighted by atomic mass is 10.1. The van der Waals surface area contributed by atoms with Gasteiger partial charge in [-0.05, 0) is 25.0 Å². The van der Waals surface area contributed by atoms with Gasteiger partial charge in [0, 0.05) is 6.92 Å². The minimum atomic E-state index is -0.292. The smallest absolute Gasteiger partial charge is 0.308 e. The summed E-state index contributed by atoms with van der Waals surface area (Å²) in [7, 11) is 0. The molecule has 0 unspecified atom stereocenters. The zero-order valence-electron chi connectivity index (χ0n) is 8.54. The maximum absolute atomic E-state index is 10.8. The van der Waals surface area contributed by atoms with E-state index in [9.17, 15) is 4.79 Å². The molecule has 2 nitrogen and oxygen atoms in total. The third kappa shape index (κ3) is 3.05. The lowest BCUT2D eigenvalue weighted by Gasteiger charge is -2.07. The van der Waals surface area contributed by atoms with E-state index in [2.05, 4.69) is 6.58 Å². The lowest BCUT2D eigenvalue weighted by molar-refractivity contribution is -0.131. The third-order valence-corrected chi connectivity index (χ3v) is 1.72. The zero-order valence-corrected chi connectivity index (χ0v) is 8.54. The number of benzene rings is 1. The van der Waals surface area contributed by atoms with Crippen molar-refractivity contribution in [3.05, 3.63) is 42.0 Å². The number of esters is 1. The SMILES string of the molecule is C=C(C)Cc1ccccc1OC(C)=O. The van der Waals surface area contributed by atoms with Crippen LogP contribution in [0.4, 0.5) is 0 Å². The summed E-state index contributed by atoms with van der Waals surface area (Å²) in [6, 6.07) is 7.50. The molecule has 0 aromatic heterocycles. The van der Waals surface area contributed by atoms with Crippen LogP contribution >= 0.6 is 0 Å². The average molecular weight is 190 g/mol. The highest BCUT2D eigenvalue weighted by Crippen LogP contribution is 2.20. The molecule has 0 saturated heterocycles. The van der Waals surface area contributed by atoms with Crippen LogP contribution in [0.3, 0.4) is 0 Å². The van der Waals surface area contributed by atoms with Crippen molar-refractivity contribution in [2.24, 2.45) is 0 Å². The molecule has 0 saturated carbocycles. The average Bonchev–Trinajstić information content (AvgIpc) is 2.06. The van der Waals surface area contributed by atoms with E-state index in [0.29, 0.717) is 5.75 Å². The lowest BCUT2D eigenvalue weighted by Crippen LogP contribution is -2.03. The summed E-state index contributed by atoms with van der Waals surface area (Å²) in [5, 5.41) is 0. The summed E-state index contributed by atoms with van der Waals surface area (Å²) >= 11 is 0. The van der Waals surface area contributed by atoms with Crippen molar-refractivity contribution < 1.29 is 9.53 Å². The maximum Gasteiger partial charge on any atom is 0.308 e. The normalized spacial score (nSPS) is 9.57. The van der Waals surface area contributed by atoms with Crippen LogP contribution in [0.5, 0.6) is 5.75 Å². The van der Waals surface area contributed by atoms with E-state index in [0.717, 1.165) is 17.6 Å². The molecule has 1 aromatic carbocycles. The maximum atomic E-state index is 10.8. The van der Waals surface area contributed by atoms with E-state index in [-0.39, 0.29) is 5.97 Å². The molecule has 0 bridgehead atoms. The van der Waals surface area contributed by atoms with Crippen LogP contribution in [0.15, 0.2) is 36.4 Å². The first-order valence-corrected chi connectivity index (χ1v) is 4.50. The quantitative estimate of drug-likeness (QED) is 0.416. The van der Waals surface area contributed by atoms with Gasteiger partial charge in [-0.2, -0.15) is 0 Å². The molecule has 0 spiro atoms. The highest BCUT2D eigenvalue weighted by molar-refractivity contribution is 5.69. The van der Waals surface area contributed by atoms with Gasteiger partial charge in [0.25, 0.3) is 0 Å². The molecule has 0 fully saturated rings. The fourth-order valence-electron chi connectivity index (χ4n) is 1.23. The monoisotopic (exact) mass is 190 g/mol. The number of hydrogen-bond acceptors (Lipinski definition) is 2. The molecule has 0 aliphatic carbocycles. The Morgan fingerprint density at radius 3 is 2.57 bits per heavy atom. The number of carbonyl (C=O) groups is 1. The van der Waals surface area contributed by atoms with Crippen molar-refractivity contribution in [3.8, 4) is 5.75 Å². The van der Waals surface area contributed by atoms with Crippen LogP contribution in [0.25, 0.3) is 0 Å². The van der Waals surface area contributed by atoms with E-state index >= 15 is 0 Å². The Morgan fingerprint density at radius 1 is 1.36 bits per heavy atom. The van der Waals surface area contributed by atoms with Crippen LogP contribution in [-0.2, 0) is 11.2 Å². The number of carbonyl (C=O) groups excluding carboxylic acids is 1. The Hall–Kier alpha value is -1.57. The Bertz CT molecular complexity index is 318. The third-order valence-electron chi connectivity index (χ3n) is 1.72. The molecule has 1 aromatic rings. The summed E-state index contributed by atoms with van der Waals surface area (Å²) < 4.78 is 5.07. The number of rotatable bonds is 3. The molecule has 0 radical (unpaired) electrons. The fourth-order valence-corrected chi connectivity index (χ4v) is 1.23. The Balaban J connectivity index is 2.90. The second-order valence-electron chi connectivity index (χ2n) is 3.34. The van der Waals surface area contributed by atoms with Gasteiger partial charge >= 0.3 is 5.97 Å². The van der Waals surface area contributed by atoms with Gasteiger partial charge in [-0.25, -0.2) is 0 Å². The van der Waals surface area contributed by atoms with Crippen molar-refractivity contribution in [3.63, 3.8) is 0 Å². The molecular formula is C12H14O2. The molecule has 2 heteroatoms. The van der Waals surface area contributed by atoms with Gasteiger partial charge in [0.1, 0.15) is 5.75 Å². The Kier molecular flexibility index (Phi) is 3.46. The van der Waals surface area contributed by atoms with E-state index < -0.39 is 0 Å². The number of para-hydroxylation sites is 1. The van der Waals surface area contributed by atoms with Gasteiger partial charge in [-0.3, -0.25) is 4.79 Å². The van der Waals surface area contributed by atoms with Gasteiger partial charge in [0.05, 0.1) is 0 Å². The van der Waals surface area contributed by atoms with Crippen LogP contribution in [-0.4, -0.2) is 5.97 Å². The highest BCUT2D eigenvalue weighted by Gasteiger charge is 2.04. The van der Waals surface area contributed by atoms with Crippen LogP contribution in [0.2, 0.25) is 0 Å². The molecule has 0 heterocycles. The van der Waals surface area contributed by atoms with Gasteiger partial charge in [-0.15, -0.1) is 0 Å². The van der Waals surface area contributed by atoms with E-state index in [4.69, 9.17) is 4.74 Å². The molecule has 0 amide bonds. The van der Waals surface area contributed by atoms with Crippen molar-refractivity contribution in [1.82, 2.24) is 0 Å². The first-order valence-electron chi connectivity index (χ1n) is 4.50. The van der Waals surface area contributed by atoms with E-state index in [1.165, 1.54) is 6.92 Å². The summed E-state index contributed by atoms with van der Waals surface area (Å²) in [6.07, 6.45) is 0.740. The predicted molar refractivity (Wildman–Crippen MR) is 56.3 cm³/mol. The van der Waals surface area contributed by atoms with Crippen LogP contribution < -0.4 is 4.74 Å². The van der Waals surface area contributed by atoms with Gasteiger partial charge in [-0.1, -0.05) is 30.4 Å². The largest absolute Gasteiger partial charge is 0.426 e. The van der Waals surface area contributed by atoms with Crippen molar-refractivity contribution in [1.29, 1.82) is 0 Å². The van der Waals surface area contributed by atoms with Crippen molar-refractivity contribution in [2.75, 3.05) is 0 Å². The van der Waals surface area contributed by atoms with Crippen molar-refractivity contribution >= 4 is 5.97 Å². The molecule has 0 N–H and O–H groups in total. The summed E-state index contributed by atoms with van der Waals surface area (Å²) in [6.45, 7) is 7.18. The van der Waals surface area contributed by atoms with E-state index in [1.54, 1.807) is 6.07 Å². The van der Waals surface area contributed by atoms with Gasteiger partial charge < -0.3 is 4.74 Å². The highest BCUT2D eigenvalue weighted by atomic mass is 16.5. The molecular weight excluding hydrogens is 176 g/mol. The first-order chi connectivity index (χ1) is 6.59. The second-order valence-corrected chi connectivity index (χ2v) is 3.34. The first kappa shape index (κ1) is 10.5. The minimum absolute atomic E-state index is 0.292. The standard InChI is InChI=1S/C12H14O2/c1-9(2)8-11-6-4-5-7-12(11)14-10(3)13/h4-7H,1,8H2,2-3H3. The molecule has 0 atom stereocenters. The summed E-state index contributed by atoms with van der Waals surface area (Å²) in [4.78, 5) is 10.8. The molecule has 0 aliphatic rings. The Labute approximate surface area is 84.2 Å². The van der Waals surface area contributed by atoms with E-state index in [1.807, 2.05) is 25.1 Å².